The van der Waals surface area contributed by atoms with E-state index in [9.17, 15) is 19.2 Å². The van der Waals surface area contributed by atoms with Crippen molar-refractivity contribution < 1.29 is 47.0 Å². The van der Waals surface area contributed by atoms with E-state index in [0.717, 1.165) is 217 Å². The summed E-state index contributed by atoms with van der Waals surface area (Å²) >= 11 is 3.30. The topological polar surface area (TPSA) is 299 Å². The Morgan fingerprint density at radius 3 is 0.887 bits per heavy atom. The van der Waals surface area contributed by atoms with E-state index in [4.69, 9.17) is 42.7 Å². The highest BCUT2D eigenvalue weighted by Gasteiger charge is 2.37. The van der Waals surface area contributed by atoms with Crippen LogP contribution < -0.4 is 61.5 Å². The van der Waals surface area contributed by atoms with Crippen LogP contribution in [0.15, 0.2) is 214 Å². The zero-order valence-corrected chi connectivity index (χ0v) is 83.2. The molecule has 8 aromatic carbocycles. The number of carbonyl (C=O) groups excluding carboxylic acids is 4. The van der Waals surface area contributed by atoms with Crippen molar-refractivity contribution in [2.45, 2.75) is 244 Å². The first-order valence-electron chi connectivity index (χ1n) is 51.2. The van der Waals surface area contributed by atoms with E-state index in [2.05, 4.69) is 193 Å². The minimum absolute atomic E-state index is 0.127. The lowest BCUT2D eigenvalue weighted by molar-refractivity contribution is 0.239. The summed E-state index contributed by atoms with van der Waals surface area (Å²) in [5, 5.41) is 34.1. The fourth-order valence-corrected chi connectivity index (χ4v) is 21.7. The number of fused-ring (bicyclic) bond motifs is 4. The molecular weight excluding hydrogens is 1820 g/mol. The highest BCUT2D eigenvalue weighted by molar-refractivity contribution is 7.09. The van der Waals surface area contributed by atoms with Crippen LogP contribution in [-0.2, 0) is 0 Å². The van der Waals surface area contributed by atoms with Crippen LogP contribution in [0.3, 0.4) is 0 Å². The van der Waals surface area contributed by atoms with Gasteiger partial charge in [0, 0.05) is 157 Å². The number of hydrogen-bond acceptors (Lipinski definition) is 16. The molecule has 0 saturated heterocycles. The van der Waals surface area contributed by atoms with Crippen LogP contribution in [0.4, 0.5) is 41.9 Å². The van der Waals surface area contributed by atoms with Gasteiger partial charge in [-0.1, -0.05) is 48.5 Å². The summed E-state index contributed by atoms with van der Waals surface area (Å²) < 4.78 is 44.4. The van der Waals surface area contributed by atoms with Gasteiger partial charge >= 0.3 is 24.1 Å². The first-order valence-corrected chi connectivity index (χ1v) is 53.0. The molecule has 8 aromatic heterocycles. The van der Waals surface area contributed by atoms with Gasteiger partial charge < -0.3 is 88.6 Å². The van der Waals surface area contributed by atoms with Crippen molar-refractivity contribution in [1.29, 1.82) is 0 Å². The van der Waals surface area contributed by atoms with Crippen LogP contribution in [0.1, 0.15) is 217 Å². The number of urea groups is 4. The number of amides is 8. The molecule has 8 aliphatic carbocycles. The first kappa shape index (κ1) is 94.1. The van der Waals surface area contributed by atoms with Crippen LogP contribution in [-0.4, -0.2) is 113 Å². The molecule has 732 valence electrons. The minimum Gasteiger partial charge on any atom is -0.494 e. The van der Waals surface area contributed by atoms with E-state index >= 15 is 0 Å². The molecule has 0 unspecified atom stereocenters. The third kappa shape index (κ3) is 19.9. The molecule has 24 rings (SSSR count). The Balaban J connectivity index is 0.000000112. The van der Waals surface area contributed by atoms with Gasteiger partial charge in [0.1, 0.15) is 46.9 Å². The summed E-state index contributed by atoms with van der Waals surface area (Å²) in [6.45, 7) is 14.5. The second-order valence-corrected chi connectivity index (χ2v) is 40.4. The molecule has 28 heteroatoms. The molecule has 0 radical (unpaired) electrons. The smallest absolute Gasteiger partial charge is 0.319 e. The van der Waals surface area contributed by atoms with Crippen molar-refractivity contribution in [3.05, 3.63) is 216 Å². The summed E-state index contributed by atoms with van der Waals surface area (Å²) in [6.07, 6.45) is 32.5. The van der Waals surface area contributed by atoms with Crippen LogP contribution in [0, 0.1) is 13.8 Å². The summed E-state index contributed by atoms with van der Waals surface area (Å²) in [5.41, 5.74) is 26.9. The summed E-state index contributed by atoms with van der Waals surface area (Å²) in [5.74, 6) is 4.17. The molecule has 0 atom stereocenters. The molecule has 8 amide bonds. The molecular formula is C114H124N16O10S2. The molecule has 8 heterocycles. The fourth-order valence-electron chi connectivity index (χ4n) is 20.6. The highest BCUT2D eigenvalue weighted by atomic mass is 32.1. The van der Waals surface area contributed by atoms with Crippen molar-refractivity contribution in [3.8, 4) is 113 Å². The van der Waals surface area contributed by atoms with E-state index in [0.29, 0.717) is 80.7 Å². The van der Waals surface area contributed by atoms with Crippen LogP contribution >= 0.6 is 22.7 Å². The zero-order chi connectivity index (χ0) is 96.9. The second-order valence-electron chi connectivity index (χ2n) is 38.6. The Kier molecular flexibility index (Phi) is 28.1. The second kappa shape index (κ2) is 42.4. The number of rotatable bonds is 28. The predicted octanol–water partition coefficient (Wildman–Crippen LogP) is 28.6. The molecule has 0 spiro atoms. The van der Waals surface area contributed by atoms with Gasteiger partial charge in [-0.3, -0.25) is 0 Å². The van der Waals surface area contributed by atoms with Crippen molar-refractivity contribution in [2.24, 2.45) is 0 Å². The van der Waals surface area contributed by atoms with Crippen LogP contribution in [0.25, 0.3) is 134 Å². The van der Waals surface area contributed by atoms with Gasteiger partial charge in [-0.2, -0.15) is 0 Å². The molecule has 0 bridgehead atoms. The number of nitrogens with zero attached hydrogens (tertiary/aromatic N) is 8. The van der Waals surface area contributed by atoms with Gasteiger partial charge in [0.15, 0.2) is 12.3 Å². The highest BCUT2D eigenvalue weighted by Crippen LogP contribution is 2.54. The summed E-state index contributed by atoms with van der Waals surface area (Å²) in [7, 11) is 0. The largest absolute Gasteiger partial charge is 0.494 e. The number of thiazole rings is 2. The molecule has 26 nitrogen and oxygen atoms in total. The number of oxazole rings is 2. The minimum atomic E-state index is -0.141. The molecule has 0 aliphatic heterocycles. The SMILES string of the molecule is CCOc1ccc2c(-c3coc(C)n3)c(-c3ccc(NC(=O)NC4CCC4)cc3)n(C3CCC3)c2c1.CCOc1ccc2c(-c3cocn3)c(-c3ccc(NC(=O)NC4CCC4)cc3)n(C3CCC3)c2c1.CCOc1ccc2c(-c3csc(C)n3)c(-c3ccc(NC(=O)NC4CCC4)cc3)n(C3CCC3)c2c1.CCOc1ccc2c(-c3cscn3)c(-c3ccc(NC(=O)NC4CCC4)cc3)n(C3CCC3)c2c1. The molecule has 16 aromatic rings. The Morgan fingerprint density at radius 1 is 0.345 bits per heavy atom. The van der Waals surface area contributed by atoms with E-state index < -0.39 is 0 Å². The van der Waals surface area contributed by atoms with Gasteiger partial charge in [0.2, 0.25) is 0 Å². The van der Waals surface area contributed by atoms with Crippen molar-refractivity contribution in [3.63, 3.8) is 0 Å². The maximum atomic E-state index is 12.4. The third-order valence-electron chi connectivity index (χ3n) is 29.5. The quantitative estimate of drug-likeness (QED) is 0.0226. The van der Waals surface area contributed by atoms with E-state index in [1.165, 1.54) is 128 Å². The van der Waals surface area contributed by atoms with E-state index in [1.807, 2.05) is 101 Å². The number of anilines is 4. The lowest BCUT2D eigenvalue weighted by Gasteiger charge is -2.30. The molecule has 8 fully saturated rings. The fraction of sp³-hybridized carbons (Fsp3) is 0.368. The first-order chi connectivity index (χ1) is 69.6. The number of carbonyl (C=O) groups is 4. The number of benzene rings is 8. The van der Waals surface area contributed by atoms with E-state index in [-0.39, 0.29) is 24.1 Å². The maximum Gasteiger partial charge on any atom is 0.319 e. The Morgan fingerprint density at radius 2 is 0.648 bits per heavy atom. The molecule has 142 heavy (non-hydrogen) atoms. The standard InChI is InChI=1S/C29H32N4O3.C29H32N4O2S.C28H30N4O3.C28H30N4O2S/c2*1-3-35-23-14-15-24-26(16-23)33(22-8-5-9-22)28(27(24)25-17-36-18(2)30-25)19-10-12-21(13-11-19)32-29(34)31-20-6-4-7-20;1-2-35-22-13-14-23-25(15-22)32(21-7-4-8-21)27(26(23)24-16-34-17-29-24)18-9-11-20(12-10-18)31-28(33)30-19-5-3-6-19;1-2-34-22-13-14-23-25(15-22)32(21-7-4-8-21)27(26(23)24-16-35-17-29-24)18-9-11-20(12-10-18)31-28(33)30-19-5-3-6-19/h2*10-17,20,22H,3-9H2,1-2H3,(H2,31,32,34);2*9-17,19,21H,2-8H2,1H3,(H2,30,31,33). The monoisotopic (exact) mass is 1940 g/mol. The lowest BCUT2D eigenvalue weighted by Crippen LogP contribution is -2.41. The average Bonchev–Trinajstić information content (AvgIpc) is 1.59. The number of hydrogen-bond donors (Lipinski definition) is 8. The Bertz CT molecular complexity index is 6740. The number of ether oxygens (including phenoxy) is 4. The van der Waals surface area contributed by atoms with Crippen molar-refractivity contribution in [2.75, 3.05) is 47.7 Å². The zero-order valence-electron chi connectivity index (χ0n) is 81.5. The predicted molar refractivity (Wildman–Crippen MR) is 568 cm³/mol. The van der Waals surface area contributed by atoms with Gasteiger partial charge in [-0.25, -0.2) is 39.1 Å². The van der Waals surface area contributed by atoms with Crippen molar-refractivity contribution >= 4 is 113 Å². The molecule has 8 saturated carbocycles. The summed E-state index contributed by atoms with van der Waals surface area (Å²) in [4.78, 5) is 68.2. The normalized spacial score (nSPS) is 16.0. The van der Waals surface area contributed by atoms with Crippen molar-refractivity contribution in [1.82, 2.24) is 59.5 Å². The third-order valence-corrected chi connectivity index (χ3v) is 30.8. The maximum absolute atomic E-state index is 12.4. The van der Waals surface area contributed by atoms with Gasteiger partial charge in [-0.05, 0) is 308 Å². The van der Waals surface area contributed by atoms with Crippen LogP contribution in [0.5, 0.6) is 23.0 Å². The number of nitrogens with one attached hydrogen (secondary N) is 8. The number of aromatic nitrogens is 8. The average molecular weight is 1940 g/mol. The Hall–Kier alpha value is -14.1. The lowest BCUT2D eigenvalue weighted by atomic mass is 9.92. The van der Waals surface area contributed by atoms with Crippen LogP contribution in [0.2, 0.25) is 0 Å². The van der Waals surface area contributed by atoms with Gasteiger partial charge in [0.05, 0.1) is 93.2 Å². The van der Waals surface area contributed by atoms with Gasteiger partial charge in [-0.15, -0.1) is 22.7 Å². The molecule has 8 aliphatic rings. The summed E-state index contributed by atoms with van der Waals surface area (Å²) in [6, 6.07) is 60.6. The van der Waals surface area contributed by atoms with E-state index in [1.54, 1.807) is 35.2 Å². The Labute approximate surface area is 834 Å². The number of aryl methyl sites for hydroxylation is 2. The van der Waals surface area contributed by atoms with Gasteiger partial charge in [0.25, 0.3) is 0 Å². The molecule has 8 N–H and O–H groups in total.